The topological polar surface area (TPSA) is 32.3 Å². The van der Waals surface area contributed by atoms with Crippen molar-refractivity contribution in [1.82, 2.24) is 10.4 Å². The quantitative estimate of drug-likeness (QED) is 0.530. The van der Waals surface area contributed by atoms with Crippen LogP contribution in [0.4, 0.5) is 0 Å². The van der Waals surface area contributed by atoms with E-state index in [2.05, 4.69) is 10.4 Å². The van der Waals surface area contributed by atoms with Crippen molar-refractivity contribution in [2.45, 2.75) is 12.8 Å². The Morgan fingerprint density at radius 3 is 2.44 bits per heavy atom. The van der Waals surface area contributed by atoms with Crippen molar-refractivity contribution in [2.75, 3.05) is 20.1 Å². The fourth-order valence-electron chi connectivity index (χ4n) is 0.980. The van der Waals surface area contributed by atoms with Crippen molar-refractivity contribution in [2.24, 2.45) is 0 Å². The molecule has 3 nitrogen and oxygen atoms in total. The lowest BCUT2D eigenvalue weighted by molar-refractivity contribution is -0.122. The number of hydrogen-bond acceptors (Lipinski definition) is 3. The second-order valence-electron chi connectivity index (χ2n) is 2.25. The van der Waals surface area contributed by atoms with Gasteiger partial charge >= 0.3 is 0 Å². The van der Waals surface area contributed by atoms with Crippen LogP contribution in [0.2, 0.25) is 0 Å². The molecule has 52 valence electrons. The average Bonchev–Trinajstić information content (AvgIpc) is 1.90. The summed E-state index contributed by atoms with van der Waals surface area (Å²) < 4.78 is 0. The molecule has 1 fully saturated rings. The van der Waals surface area contributed by atoms with Crippen LogP contribution in [0.1, 0.15) is 12.8 Å². The summed E-state index contributed by atoms with van der Waals surface area (Å²) in [5.41, 5.74) is 3.01. The molecule has 0 atom stereocenters. The molecule has 1 aliphatic rings. The molecule has 1 saturated heterocycles. The van der Waals surface area contributed by atoms with Gasteiger partial charge in [-0.3, -0.25) is 10.2 Å². The average molecular weight is 128 g/mol. The van der Waals surface area contributed by atoms with Crippen LogP contribution in [0.25, 0.3) is 0 Å². The minimum atomic E-state index is 0.390. The molecule has 0 aromatic heterocycles. The van der Waals surface area contributed by atoms with Crippen LogP contribution in [0.5, 0.6) is 0 Å². The number of hydrazine groups is 1. The maximum atomic E-state index is 10.7. The highest BCUT2D eigenvalue weighted by Gasteiger charge is 2.13. The van der Waals surface area contributed by atoms with Gasteiger partial charge in [-0.15, -0.1) is 0 Å². The Bertz CT molecular complexity index is 104. The zero-order valence-corrected chi connectivity index (χ0v) is 5.68. The lowest BCUT2D eigenvalue weighted by Crippen LogP contribution is -2.41. The number of ketones is 1. The second kappa shape index (κ2) is 2.94. The number of carbonyl (C=O) groups is 1. The SMILES string of the molecule is CNN1CCC(=O)CC1. The summed E-state index contributed by atoms with van der Waals surface area (Å²) >= 11 is 0. The number of hydrogen-bond donors (Lipinski definition) is 1. The summed E-state index contributed by atoms with van der Waals surface area (Å²) in [5.74, 6) is 0.390. The Hall–Kier alpha value is -0.410. The van der Waals surface area contributed by atoms with Gasteiger partial charge in [-0.05, 0) is 7.05 Å². The summed E-state index contributed by atoms with van der Waals surface area (Å²) in [5, 5.41) is 2.06. The second-order valence-corrected chi connectivity index (χ2v) is 2.25. The third-order valence-corrected chi connectivity index (χ3v) is 1.64. The largest absolute Gasteiger partial charge is 0.300 e. The number of Topliss-reactive ketones (excluding diaryl/α,β-unsaturated/α-hetero) is 1. The molecule has 0 amide bonds. The summed E-state index contributed by atoms with van der Waals surface area (Å²) in [6, 6.07) is 0. The normalized spacial score (nSPS) is 22.6. The van der Waals surface area contributed by atoms with E-state index in [1.165, 1.54) is 0 Å². The van der Waals surface area contributed by atoms with E-state index in [0.29, 0.717) is 18.6 Å². The van der Waals surface area contributed by atoms with Crippen LogP contribution >= 0.6 is 0 Å². The van der Waals surface area contributed by atoms with E-state index in [-0.39, 0.29) is 0 Å². The lowest BCUT2D eigenvalue weighted by Gasteiger charge is -2.24. The molecular formula is C6H12N2O. The number of rotatable bonds is 1. The molecule has 3 heteroatoms. The summed E-state index contributed by atoms with van der Waals surface area (Å²) in [4.78, 5) is 10.7. The van der Waals surface area contributed by atoms with E-state index in [1.54, 1.807) is 0 Å². The van der Waals surface area contributed by atoms with Crippen LogP contribution in [0.15, 0.2) is 0 Å². The Labute approximate surface area is 55.0 Å². The van der Waals surface area contributed by atoms with Gasteiger partial charge in [0.15, 0.2) is 0 Å². The van der Waals surface area contributed by atoms with Crippen molar-refractivity contribution in [3.8, 4) is 0 Å². The van der Waals surface area contributed by atoms with Gasteiger partial charge in [0, 0.05) is 25.9 Å². The third-order valence-electron chi connectivity index (χ3n) is 1.64. The first kappa shape index (κ1) is 6.71. The van der Waals surface area contributed by atoms with Crippen molar-refractivity contribution in [3.63, 3.8) is 0 Å². The molecule has 0 aromatic carbocycles. The van der Waals surface area contributed by atoms with E-state index in [4.69, 9.17) is 0 Å². The highest BCUT2D eigenvalue weighted by atomic mass is 16.1. The van der Waals surface area contributed by atoms with Crippen LogP contribution in [-0.2, 0) is 4.79 Å². The fraction of sp³-hybridized carbons (Fsp3) is 0.833. The molecule has 1 rings (SSSR count). The van der Waals surface area contributed by atoms with Crippen LogP contribution < -0.4 is 5.43 Å². The Balaban J connectivity index is 2.26. The van der Waals surface area contributed by atoms with Gasteiger partial charge in [-0.25, -0.2) is 5.01 Å². The minimum absolute atomic E-state index is 0.390. The summed E-state index contributed by atoms with van der Waals surface area (Å²) in [6.07, 6.45) is 1.42. The zero-order chi connectivity index (χ0) is 6.69. The first-order valence-electron chi connectivity index (χ1n) is 3.27. The smallest absolute Gasteiger partial charge is 0.135 e. The molecule has 0 unspecified atom stereocenters. The number of nitrogens with zero attached hydrogens (tertiary/aromatic N) is 1. The van der Waals surface area contributed by atoms with E-state index < -0.39 is 0 Å². The number of carbonyl (C=O) groups excluding carboxylic acids is 1. The monoisotopic (exact) mass is 128 g/mol. The molecule has 1 N–H and O–H groups in total. The first-order valence-corrected chi connectivity index (χ1v) is 3.27. The number of nitrogens with one attached hydrogen (secondary N) is 1. The van der Waals surface area contributed by atoms with E-state index in [1.807, 2.05) is 7.05 Å². The van der Waals surface area contributed by atoms with Crippen molar-refractivity contribution in [1.29, 1.82) is 0 Å². The van der Waals surface area contributed by atoms with Gasteiger partial charge in [-0.1, -0.05) is 0 Å². The van der Waals surface area contributed by atoms with Crippen molar-refractivity contribution < 1.29 is 4.79 Å². The summed E-state index contributed by atoms with van der Waals surface area (Å²) in [6.45, 7) is 1.74. The molecule has 0 bridgehead atoms. The Morgan fingerprint density at radius 1 is 1.44 bits per heavy atom. The molecule has 1 heterocycles. The molecule has 0 radical (unpaired) electrons. The van der Waals surface area contributed by atoms with Crippen LogP contribution in [-0.4, -0.2) is 30.9 Å². The molecule has 0 aromatic rings. The number of piperidine rings is 1. The van der Waals surface area contributed by atoms with Crippen LogP contribution in [0.3, 0.4) is 0 Å². The fourth-order valence-corrected chi connectivity index (χ4v) is 0.980. The van der Waals surface area contributed by atoms with Gasteiger partial charge < -0.3 is 0 Å². The standard InChI is InChI=1S/C6H12N2O/c1-7-8-4-2-6(9)3-5-8/h7H,2-5H2,1H3. The van der Waals surface area contributed by atoms with Gasteiger partial charge in [0.25, 0.3) is 0 Å². The van der Waals surface area contributed by atoms with Gasteiger partial charge in [0.2, 0.25) is 0 Å². The molecule has 0 aliphatic carbocycles. The molecule has 0 saturated carbocycles. The van der Waals surface area contributed by atoms with Gasteiger partial charge in [-0.2, -0.15) is 0 Å². The van der Waals surface area contributed by atoms with Crippen LogP contribution in [0, 0.1) is 0 Å². The van der Waals surface area contributed by atoms with E-state index >= 15 is 0 Å². The molecule has 9 heavy (non-hydrogen) atoms. The van der Waals surface area contributed by atoms with Gasteiger partial charge in [0.1, 0.15) is 5.78 Å². The van der Waals surface area contributed by atoms with E-state index in [9.17, 15) is 4.79 Å². The Morgan fingerprint density at radius 2 is 2.00 bits per heavy atom. The Kier molecular flexibility index (Phi) is 2.19. The minimum Gasteiger partial charge on any atom is -0.300 e. The molecular weight excluding hydrogens is 116 g/mol. The maximum Gasteiger partial charge on any atom is 0.135 e. The summed E-state index contributed by atoms with van der Waals surface area (Å²) in [7, 11) is 1.88. The van der Waals surface area contributed by atoms with Crippen molar-refractivity contribution >= 4 is 5.78 Å². The first-order chi connectivity index (χ1) is 4.33. The predicted molar refractivity (Wildman–Crippen MR) is 34.9 cm³/mol. The van der Waals surface area contributed by atoms with Gasteiger partial charge in [0.05, 0.1) is 0 Å². The lowest BCUT2D eigenvalue weighted by atomic mass is 10.1. The van der Waals surface area contributed by atoms with Crippen molar-refractivity contribution in [3.05, 3.63) is 0 Å². The maximum absolute atomic E-state index is 10.7. The molecule has 1 aliphatic heterocycles. The highest BCUT2D eigenvalue weighted by Crippen LogP contribution is 2.00. The molecule has 0 spiro atoms. The highest BCUT2D eigenvalue weighted by molar-refractivity contribution is 5.79. The third kappa shape index (κ3) is 1.77. The van der Waals surface area contributed by atoms with E-state index in [0.717, 1.165) is 13.1 Å². The zero-order valence-electron chi connectivity index (χ0n) is 5.68. The predicted octanol–water partition coefficient (Wildman–Crippen LogP) is -0.214.